The van der Waals surface area contributed by atoms with Crippen molar-refractivity contribution in [1.29, 1.82) is 0 Å². The molecular weight excluding hydrogens is 152 g/mol. The maximum Gasteiger partial charge on any atom is 0.108 e. The molecule has 0 radical (unpaired) electrons. The van der Waals surface area contributed by atoms with E-state index in [9.17, 15) is 0 Å². The minimum absolute atomic E-state index is 0.112. The lowest BCUT2D eigenvalue weighted by molar-refractivity contribution is 0.126. The fraction of sp³-hybridized carbons (Fsp3) is 0.600. The maximum atomic E-state index is 5.31. The van der Waals surface area contributed by atoms with Crippen LogP contribution in [-0.4, -0.2) is 26.4 Å². The summed E-state index contributed by atoms with van der Waals surface area (Å²) >= 11 is 0. The van der Waals surface area contributed by atoms with Crippen LogP contribution in [0, 0.1) is 11.8 Å². The first kappa shape index (κ1) is 11.2. The van der Waals surface area contributed by atoms with E-state index >= 15 is 0 Å². The Morgan fingerprint density at radius 2 is 2.25 bits per heavy atom. The summed E-state index contributed by atoms with van der Waals surface area (Å²) in [5.74, 6) is 5.60. The fourth-order valence-electron chi connectivity index (χ4n) is 0.644. The summed E-state index contributed by atoms with van der Waals surface area (Å²) in [6, 6.07) is 0. The zero-order valence-electron chi connectivity index (χ0n) is 7.96. The summed E-state index contributed by atoms with van der Waals surface area (Å²) in [6.45, 7) is 4.90. The van der Waals surface area contributed by atoms with Crippen molar-refractivity contribution in [3.8, 4) is 11.8 Å². The monoisotopic (exact) mass is 168 g/mol. The molecule has 0 heterocycles. The van der Waals surface area contributed by atoms with E-state index in [4.69, 9.17) is 9.47 Å². The molecule has 0 spiro atoms. The van der Waals surface area contributed by atoms with E-state index in [2.05, 4.69) is 11.8 Å². The lowest BCUT2D eigenvalue weighted by Crippen LogP contribution is -2.04. The molecule has 12 heavy (non-hydrogen) atoms. The van der Waals surface area contributed by atoms with Gasteiger partial charge in [-0.15, -0.1) is 5.92 Å². The largest absolute Gasteiger partial charge is 0.381 e. The maximum absolute atomic E-state index is 5.31. The molecule has 1 atom stereocenters. The van der Waals surface area contributed by atoms with Crippen molar-refractivity contribution in [2.45, 2.75) is 20.0 Å². The molecule has 0 aromatic carbocycles. The van der Waals surface area contributed by atoms with Crippen molar-refractivity contribution in [1.82, 2.24) is 0 Å². The molecule has 0 rings (SSSR count). The second-order valence-corrected chi connectivity index (χ2v) is 2.33. The van der Waals surface area contributed by atoms with Crippen LogP contribution in [0.3, 0.4) is 0 Å². The fourth-order valence-corrected chi connectivity index (χ4v) is 0.644. The average Bonchev–Trinajstić information content (AvgIpc) is 2.06. The van der Waals surface area contributed by atoms with Crippen LogP contribution in [0.1, 0.15) is 13.8 Å². The van der Waals surface area contributed by atoms with Crippen LogP contribution < -0.4 is 0 Å². The Morgan fingerprint density at radius 1 is 1.50 bits per heavy atom. The minimum Gasteiger partial charge on any atom is -0.381 e. The van der Waals surface area contributed by atoms with Gasteiger partial charge in [0, 0.05) is 7.11 Å². The molecule has 0 saturated heterocycles. The molecule has 2 nitrogen and oxygen atoms in total. The third-order valence-corrected chi connectivity index (χ3v) is 1.27. The van der Waals surface area contributed by atoms with Crippen LogP contribution in [0.5, 0.6) is 0 Å². The summed E-state index contributed by atoms with van der Waals surface area (Å²) in [7, 11) is 1.67. The molecule has 0 aliphatic rings. The molecule has 0 aliphatic carbocycles. The molecular formula is C10H16O2. The van der Waals surface area contributed by atoms with Gasteiger partial charge in [-0.25, -0.2) is 0 Å². The summed E-state index contributed by atoms with van der Waals surface area (Å²) in [4.78, 5) is 0. The normalized spacial score (nSPS) is 12.6. The Hall–Kier alpha value is -0.780. The van der Waals surface area contributed by atoms with Gasteiger partial charge in [-0.2, -0.15) is 0 Å². The van der Waals surface area contributed by atoms with Gasteiger partial charge >= 0.3 is 0 Å². The van der Waals surface area contributed by atoms with Gasteiger partial charge in [-0.3, -0.25) is 0 Å². The van der Waals surface area contributed by atoms with Gasteiger partial charge < -0.3 is 9.47 Å². The standard InChI is InChI=1S/C10H16O2/c1-4-5-9-12-10(2)7-6-8-11-3/h6-7,10H,8-9H2,1-3H3/b7-6+/t10-/m0/s1. The molecule has 0 N–H and O–H groups in total. The van der Waals surface area contributed by atoms with Gasteiger partial charge in [0.15, 0.2) is 0 Å². The van der Waals surface area contributed by atoms with E-state index in [0.717, 1.165) is 0 Å². The lowest BCUT2D eigenvalue weighted by atomic mass is 10.3. The van der Waals surface area contributed by atoms with Crippen molar-refractivity contribution >= 4 is 0 Å². The summed E-state index contributed by atoms with van der Waals surface area (Å²) in [6.07, 6.45) is 4.01. The second-order valence-electron chi connectivity index (χ2n) is 2.33. The first-order valence-corrected chi connectivity index (χ1v) is 3.98. The SMILES string of the molecule is CC#CCO[C@@H](C)/C=C/COC. The van der Waals surface area contributed by atoms with Crippen molar-refractivity contribution in [3.63, 3.8) is 0 Å². The zero-order chi connectivity index (χ0) is 9.23. The Balaban J connectivity index is 3.42. The van der Waals surface area contributed by atoms with E-state index in [1.807, 2.05) is 19.1 Å². The molecule has 0 saturated carbocycles. The van der Waals surface area contributed by atoms with Gasteiger partial charge in [0.1, 0.15) is 6.61 Å². The van der Waals surface area contributed by atoms with Crippen LogP contribution in [0.15, 0.2) is 12.2 Å². The highest BCUT2D eigenvalue weighted by Crippen LogP contribution is 1.91. The molecule has 0 fully saturated rings. The second kappa shape index (κ2) is 8.32. The smallest absolute Gasteiger partial charge is 0.108 e. The van der Waals surface area contributed by atoms with Gasteiger partial charge in [0.2, 0.25) is 0 Å². The third-order valence-electron chi connectivity index (χ3n) is 1.27. The summed E-state index contributed by atoms with van der Waals surface area (Å²) < 4.78 is 10.2. The van der Waals surface area contributed by atoms with Crippen LogP contribution in [0.2, 0.25) is 0 Å². The van der Waals surface area contributed by atoms with E-state index in [1.54, 1.807) is 14.0 Å². The van der Waals surface area contributed by atoms with Crippen LogP contribution >= 0.6 is 0 Å². The van der Waals surface area contributed by atoms with Gasteiger partial charge in [0.25, 0.3) is 0 Å². The molecule has 0 aromatic heterocycles. The van der Waals surface area contributed by atoms with Crippen molar-refractivity contribution in [2.75, 3.05) is 20.3 Å². The number of ether oxygens (including phenoxy) is 2. The van der Waals surface area contributed by atoms with Gasteiger partial charge in [-0.1, -0.05) is 18.1 Å². The van der Waals surface area contributed by atoms with Gasteiger partial charge in [-0.05, 0) is 13.8 Å². The number of hydrogen-bond acceptors (Lipinski definition) is 2. The summed E-state index contributed by atoms with van der Waals surface area (Å²) in [5.41, 5.74) is 0. The zero-order valence-corrected chi connectivity index (χ0v) is 7.96. The Morgan fingerprint density at radius 3 is 2.83 bits per heavy atom. The third kappa shape index (κ3) is 7.33. The number of rotatable bonds is 5. The van der Waals surface area contributed by atoms with Crippen molar-refractivity contribution < 1.29 is 9.47 Å². The molecule has 0 aliphatic heterocycles. The highest BCUT2D eigenvalue weighted by molar-refractivity contribution is 4.96. The lowest BCUT2D eigenvalue weighted by Gasteiger charge is -2.03. The van der Waals surface area contributed by atoms with Crippen molar-refractivity contribution in [3.05, 3.63) is 12.2 Å². The van der Waals surface area contributed by atoms with Crippen LogP contribution in [0.4, 0.5) is 0 Å². The molecule has 68 valence electrons. The number of methoxy groups -OCH3 is 1. The van der Waals surface area contributed by atoms with E-state index < -0.39 is 0 Å². The molecule has 0 unspecified atom stereocenters. The predicted octanol–water partition coefficient (Wildman–Crippen LogP) is 1.62. The minimum atomic E-state index is 0.112. The van der Waals surface area contributed by atoms with Gasteiger partial charge in [0.05, 0.1) is 12.7 Å². The molecule has 0 aromatic rings. The van der Waals surface area contributed by atoms with Crippen molar-refractivity contribution in [2.24, 2.45) is 0 Å². The Bertz CT molecular complexity index is 174. The average molecular weight is 168 g/mol. The topological polar surface area (TPSA) is 18.5 Å². The predicted molar refractivity (Wildman–Crippen MR) is 49.9 cm³/mol. The van der Waals surface area contributed by atoms with E-state index in [0.29, 0.717) is 13.2 Å². The quantitative estimate of drug-likeness (QED) is 0.458. The molecule has 0 amide bonds. The number of hydrogen-bond donors (Lipinski definition) is 0. The highest BCUT2D eigenvalue weighted by atomic mass is 16.5. The first-order chi connectivity index (χ1) is 5.81. The van der Waals surface area contributed by atoms with E-state index in [-0.39, 0.29) is 6.10 Å². The molecule has 0 bridgehead atoms. The molecule has 2 heteroatoms. The van der Waals surface area contributed by atoms with Crippen LogP contribution in [0.25, 0.3) is 0 Å². The van der Waals surface area contributed by atoms with Crippen LogP contribution in [-0.2, 0) is 9.47 Å². The highest BCUT2D eigenvalue weighted by Gasteiger charge is 1.92. The van der Waals surface area contributed by atoms with E-state index in [1.165, 1.54) is 0 Å². The Kier molecular flexibility index (Phi) is 7.78. The summed E-state index contributed by atoms with van der Waals surface area (Å²) in [5, 5.41) is 0. The Labute approximate surface area is 74.6 Å². The first-order valence-electron chi connectivity index (χ1n) is 3.98.